The van der Waals surface area contributed by atoms with Crippen LogP contribution in [0.4, 0.5) is 0 Å². The Morgan fingerprint density at radius 1 is 0.913 bits per heavy atom. The molecular formula is C20H21NO2. The molecule has 3 rings (SSSR count). The van der Waals surface area contributed by atoms with Gasteiger partial charge in [0.15, 0.2) is 0 Å². The van der Waals surface area contributed by atoms with Crippen LogP contribution in [-0.4, -0.2) is 7.11 Å². The lowest BCUT2D eigenvalue weighted by molar-refractivity contribution is 0.384. The second kappa shape index (κ2) is 6.71. The van der Waals surface area contributed by atoms with Crippen molar-refractivity contribution >= 4 is 0 Å². The van der Waals surface area contributed by atoms with E-state index < -0.39 is 5.54 Å². The van der Waals surface area contributed by atoms with E-state index in [-0.39, 0.29) is 0 Å². The van der Waals surface area contributed by atoms with Gasteiger partial charge in [-0.2, -0.15) is 0 Å². The van der Waals surface area contributed by atoms with E-state index in [0.717, 1.165) is 23.5 Å². The van der Waals surface area contributed by atoms with Crippen LogP contribution in [0.3, 0.4) is 0 Å². The van der Waals surface area contributed by atoms with Crippen molar-refractivity contribution < 1.29 is 9.15 Å². The van der Waals surface area contributed by atoms with Crippen LogP contribution in [0.1, 0.15) is 16.9 Å². The summed E-state index contributed by atoms with van der Waals surface area (Å²) in [5.74, 6) is 1.74. The number of hydrogen-bond acceptors (Lipinski definition) is 3. The van der Waals surface area contributed by atoms with Gasteiger partial charge in [0.05, 0.1) is 18.9 Å². The Labute approximate surface area is 136 Å². The number of hydrogen-bond donors (Lipinski definition) is 1. The maximum Gasteiger partial charge on any atom is 0.118 e. The Bertz CT molecular complexity index is 720. The second-order valence-electron chi connectivity index (χ2n) is 5.80. The summed E-state index contributed by atoms with van der Waals surface area (Å²) in [7, 11) is 1.67. The Kier molecular flexibility index (Phi) is 4.49. The van der Waals surface area contributed by atoms with Crippen LogP contribution < -0.4 is 10.5 Å². The van der Waals surface area contributed by atoms with E-state index in [1.54, 1.807) is 13.4 Å². The van der Waals surface area contributed by atoms with Crippen molar-refractivity contribution in [1.82, 2.24) is 0 Å². The largest absolute Gasteiger partial charge is 0.497 e. The van der Waals surface area contributed by atoms with Gasteiger partial charge in [-0.05, 0) is 41.8 Å². The maximum absolute atomic E-state index is 6.82. The molecule has 2 N–H and O–H groups in total. The smallest absolute Gasteiger partial charge is 0.118 e. The third-order valence-electron chi connectivity index (χ3n) is 4.10. The molecule has 3 heteroatoms. The van der Waals surface area contributed by atoms with Gasteiger partial charge >= 0.3 is 0 Å². The minimum Gasteiger partial charge on any atom is -0.497 e. The van der Waals surface area contributed by atoms with Crippen LogP contribution in [0, 0.1) is 0 Å². The van der Waals surface area contributed by atoms with Crippen molar-refractivity contribution in [3.8, 4) is 5.75 Å². The van der Waals surface area contributed by atoms with Crippen LogP contribution in [0.25, 0.3) is 0 Å². The van der Waals surface area contributed by atoms with Crippen molar-refractivity contribution in [3.63, 3.8) is 0 Å². The van der Waals surface area contributed by atoms with Gasteiger partial charge in [-0.25, -0.2) is 0 Å². The summed E-state index contributed by atoms with van der Waals surface area (Å²) in [5, 5.41) is 0. The zero-order valence-electron chi connectivity index (χ0n) is 13.2. The number of benzene rings is 2. The van der Waals surface area contributed by atoms with E-state index in [1.165, 1.54) is 5.56 Å². The molecule has 118 valence electrons. The molecule has 0 fully saturated rings. The Balaban J connectivity index is 1.90. The molecule has 0 amide bonds. The first kappa shape index (κ1) is 15.4. The quantitative estimate of drug-likeness (QED) is 0.750. The molecular weight excluding hydrogens is 286 g/mol. The lowest BCUT2D eigenvalue weighted by atomic mass is 9.81. The summed E-state index contributed by atoms with van der Waals surface area (Å²) in [6.45, 7) is 0. The number of rotatable bonds is 6. The average Bonchev–Trinajstić information content (AvgIpc) is 3.09. The highest BCUT2D eigenvalue weighted by Crippen LogP contribution is 2.28. The van der Waals surface area contributed by atoms with Crippen LogP contribution in [0.15, 0.2) is 77.4 Å². The maximum atomic E-state index is 6.82. The van der Waals surface area contributed by atoms with E-state index >= 15 is 0 Å². The Hall–Kier alpha value is -2.52. The van der Waals surface area contributed by atoms with E-state index in [0.29, 0.717) is 6.42 Å². The fraction of sp³-hybridized carbons (Fsp3) is 0.200. The predicted octanol–water partition coefficient (Wildman–Crippen LogP) is 3.93. The summed E-state index contributed by atoms with van der Waals surface area (Å²) in [6.07, 6.45) is 3.06. The molecule has 0 spiro atoms. The number of ether oxygens (including phenoxy) is 1. The van der Waals surface area contributed by atoms with E-state index in [1.807, 2.05) is 42.5 Å². The molecule has 3 nitrogen and oxygen atoms in total. The van der Waals surface area contributed by atoms with Gasteiger partial charge in [0.25, 0.3) is 0 Å². The van der Waals surface area contributed by atoms with Crippen molar-refractivity contribution in [2.75, 3.05) is 7.11 Å². The molecule has 23 heavy (non-hydrogen) atoms. The molecule has 2 aromatic carbocycles. The molecule has 0 aliphatic carbocycles. The predicted molar refractivity (Wildman–Crippen MR) is 91.4 cm³/mol. The molecule has 0 radical (unpaired) electrons. The van der Waals surface area contributed by atoms with Gasteiger partial charge < -0.3 is 14.9 Å². The zero-order chi connectivity index (χ0) is 16.1. The van der Waals surface area contributed by atoms with Crippen LogP contribution in [-0.2, 0) is 18.4 Å². The second-order valence-corrected chi connectivity index (χ2v) is 5.80. The van der Waals surface area contributed by atoms with Crippen molar-refractivity contribution in [1.29, 1.82) is 0 Å². The monoisotopic (exact) mass is 307 g/mol. The SMILES string of the molecule is COc1ccc(CC(N)(Cc2ccco2)c2ccccc2)cc1. The van der Waals surface area contributed by atoms with Crippen LogP contribution >= 0.6 is 0 Å². The lowest BCUT2D eigenvalue weighted by Crippen LogP contribution is -2.41. The van der Waals surface area contributed by atoms with Gasteiger partial charge in [-0.3, -0.25) is 0 Å². The summed E-state index contributed by atoms with van der Waals surface area (Å²) in [6, 6.07) is 22.1. The summed E-state index contributed by atoms with van der Waals surface area (Å²) in [5.41, 5.74) is 8.58. The number of furan rings is 1. The Morgan fingerprint density at radius 3 is 2.26 bits per heavy atom. The molecule has 0 saturated carbocycles. The molecule has 0 saturated heterocycles. The summed E-state index contributed by atoms with van der Waals surface area (Å²) < 4.78 is 10.7. The van der Waals surface area contributed by atoms with Crippen molar-refractivity contribution in [2.24, 2.45) is 5.73 Å². The van der Waals surface area contributed by atoms with Crippen molar-refractivity contribution in [2.45, 2.75) is 18.4 Å². The first-order chi connectivity index (χ1) is 11.2. The topological polar surface area (TPSA) is 48.4 Å². The molecule has 3 aromatic rings. The van der Waals surface area contributed by atoms with Crippen molar-refractivity contribution in [3.05, 3.63) is 89.9 Å². The molecule has 1 atom stereocenters. The molecule has 1 aromatic heterocycles. The standard InChI is InChI=1S/C20H21NO2/c1-22-18-11-9-16(10-12-18)14-20(21,15-19-8-5-13-23-19)17-6-3-2-4-7-17/h2-13H,14-15,21H2,1H3. The number of methoxy groups -OCH3 is 1. The van der Waals surface area contributed by atoms with Gasteiger partial charge in [-0.1, -0.05) is 42.5 Å². The van der Waals surface area contributed by atoms with E-state index in [4.69, 9.17) is 14.9 Å². The van der Waals surface area contributed by atoms with E-state index in [2.05, 4.69) is 24.3 Å². The zero-order valence-corrected chi connectivity index (χ0v) is 13.2. The van der Waals surface area contributed by atoms with Gasteiger partial charge in [0.2, 0.25) is 0 Å². The highest BCUT2D eigenvalue weighted by molar-refractivity contribution is 5.33. The minimum atomic E-state index is -0.520. The van der Waals surface area contributed by atoms with Gasteiger partial charge in [0.1, 0.15) is 11.5 Å². The first-order valence-corrected chi connectivity index (χ1v) is 7.69. The minimum absolute atomic E-state index is 0.520. The molecule has 1 unspecified atom stereocenters. The molecule has 1 heterocycles. The van der Waals surface area contributed by atoms with E-state index in [9.17, 15) is 0 Å². The summed E-state index contributed by atoms with van der Waals surface area (Å²) in [4.78, 5) is 0. The van der Waals surface area contributed by atoms with Gasteiger partial charge in [-0.15, -0.1) is 0 Å². The number of nitrogens with two attached hydrogens (primary N) is 1. The lowest BCUT2D eigenvalue weighted by Gasteiger charge is -2.30. The highest BCUT2D eigenvalue weighted by Gasteiger charge is 2.29. The molecule has 0 aliphatic heterocycles. The van der Waals surface area contributed by atoms with Gasteiger partial charge in [0, 0.05) is 6.42 Å². The summed E-state index contributed by atoms with van der Waals surface area (Å²) >= 11 is 0. The Morgan fingerprint density at radius 2 is 1.65 bits per heavy atom. The highest BCUT2D eigenvalue weighted by atomic mass is 16.5. The normalized spacial score (nSPS) is 13.5. The fourth-order valence-electron chi connectivity index (χ4n) is 2.87. The third-order valence-corrected chi connectivity index (χ3v) is 4.10. The molecule has 0 bridgehead atoms. The van der Waals surface area contributed by atoms with Crippen LogP contribution in [0.2, 0.25) is 0 Å². The average molecular weight is 307 g/mol. The third kappa shape index (κ3) is 3.63. The molecule has 0 aliphatic rings. The van der Waals surface area contributed by atoms with Crippen LogP contribution in [0.5, 0.6) is 5.75 Å². The first-order valence-electron chi connectivity index (χ1n) is 7.69. The fourth-order valence-corrected chi connectivity index (χ4v) is 2.87.